The van der Waals surface area contributed by atoms with Crippen LogP contribution in [0.25, 0.3) is 0 Å². The molecule has 0 radical (unpaired) electrons. The largest absolute Gasteiger partial charge is 0.429 e. The molecule has 0 heterocycles. The summed E-state index contributed by atoms with van der Waals surface area (Å²) in [5.41, 5.74) is -3.08. The molecule has 3 aliphatic carbocycles. The second-order valence-electron chi connectivity index (χ2n) is 11.4. The van der Waals surface area contributed by atoms with Gasteiger partial charge in [-0.2, -0.15) is 26.3 Å². The summed E-state index contributed by atoms with van der Waals surface area (Å²) in [4.78, 5) is 0. The number of rotatable bonds is 6. The molecule has 0 saturated heterocycles. The van der Waals surface area contributed by atoms with Gasteiger partial charge < -0.3 is 15.3 Å². The van der Waals surface area contributed by atoms with Crippen molar-refractivity contribution in [2.75, 3.05) is 0 Å². The first-order valence-electron chi connectivity index (χ1n) is 12.9. The zero-order valence-electron chi connectivity index (χ0n) is 21.2. The molecule has 0 bridgehead atoms. The monoisotopic (exact) mass is 542 g/mol. The Morgan fingerprint density at radius 2 is 1.68 bits per heavy atom. The molecule has 4 unspecified atom stereocenters. The van der Waals surface area contributed by atoms with E-state index in [1.807, 2.05) is 12.2 Å². The Bertz CT molecular complexity index is 893. The molecule has 0 aromatic rings. The Morgan fingerprint density at radius 3 is 2.27 bits per heavy atom. The highest BCUT2D eigenvalue weighted by Crippen LogP contribution is 2.60. The third-order valence-corrected chi connectivity index (χ3v) is 9.18. The van der Waals surface area contributed by atoms with E-state index < -0.39 is 42.8 Å². The van der Waals surface area contributed by atoms with Crippen molar-refractivity contribution in [2.45, 2.75) is 108 Å². The van der Waals surface area contributed by atoms with Crippen LogP contribution in [0.3, 0.4) is 0 Å². The third kappa shape index (κ3) is 5.66. The van der Waals surface area contributed by atoms with Gasteiger partial charge in [0.1, 0.15) is 6.17 Å². The third-order valence-electron chi connectivity index (χ3n) is 9.18. The van der Waals surface area contributed by atoms with Gasteiger partial charge >= 0.3 is 12.4 Å². The van der Waals surface area contributed by atoms with Crippen LogP contribution in [0.5, 0.6) is 0 Å². The summed E-state index contributed by atoms with van der Waals surface area (Å²) < 4.78 is 92.5. The minimum atomic E-state index is -6.17. The van der Waals surface area contributed by atoms with Crippen molar-refractivity contribution >= 4 is 0 Å². The van der Waals surface area contributed by atoms with Crippen molar-refractivity contribution in [3.8, 4) is 0 Å². The van der Waals surface area contributed by atoms with E-state index in [0.717, 1.165) is 37.7 Å². The van der Waals surface area contributed by atoms with Crippen molar-refractivity contribution in [1.82, 2.24) is 0 Å². The standard InChI is InChI=1S/C27H37F7O3/c1-15(6-11-23(28)25(37,26(29,30)31)27(32,33)34)20-9-10-21-17(5-4-12-24(20,21)3)7-8-18-13-19(35)14-22(36)16(18)2/h7-8,15,19-23,35-37H,2,4-6,9-14H2,1,3H3/b17-7+,18-8-/t15?,19-,20?,21?,22+,23-,24?/m1/s1. The highest BCUT2D eigenvalue weighted by atomic mass is 19.4. The van der Waals surface area contributed by atoms with Gasteiger partial charge in [-0.15, -0.1) is 0 Å². The second kappa shape index (κ2) is 10.6. The van der Waals surface area contributed by atoms with Crippen molar-refractivity contribution in [1.29, 1.82) is 0 Å². The van der Waals surface area contributed by atoms with Crippen LogP contribution >= 0.6 is 0 Å². The highest BCUT2D eigenvalue weighted by Gasteiger charge is 2.74. The molecule has 3 fully saturated rings. The molecule has 0 spiro atoms. The molecule has 0 aliphatic heterocycles. The summed E-state index contributed by atoms with van der Waals surface area (Å²) >= 11 is 0. The zero-order valence-corrected chi connectivity index (χ0v) is 21.2. The lowest BCUT2D eigenvalue weighted by atomic mass is 9.60. The molecule has 3 saturated carbocycles. The van der Waals surface area contributed by atoms with Gasteiger partial charge in [0.25, 0.3) is 5.60 Å². The van der Waals surface area contributed by atoms with Crippen LogP contribution in [-0.4, -0.2) is 51.7 Å². The fraction of sp³-hybridized carbons (Fsp3) is 0.778. The van der Waals surface area contributed by atoms with E-state index in [-0.39, 0.29) is 36.0 Å². The Hall–Kier alpha value is -1.39. The number of alkyl halides is 7. The molecule has 3 nitrogen and oxygen atoms in total. The lowest BCUT2D eigenvalue weighted by molar-refractivity contribution is -0.385. The summed E-state index contributed by atoms with van der Waals surface area (Å²) in [7, 11) is 0. The molecular formula is C27H37F7O3. The van der Waals surface area contributed by atoms with E-state index in [1.165, 1.54) is 5.57 Å². The van der Waals surface area contributed by atoms with Crippen LogP contribution in [0, 0.1) is 23.2 Å². The van der Waals surface area contributed by atoms with Crippen LogP contribution in [0.2, 0.25) is 0 Å². The van der Waals surface area contributed by atoms with E-state index in [2.05, 4.69) is 13.5 Å². The molecule has 0 aromatic carbocycles. The number of halogens is 7. The highest BCUT2D eigenvalue weighted by molar-refractivity contribution is 5.38. The van der Waals surface area contributed by atoms with Gasteiger partial charge in [-0.25, -0.2) is 4.39 Å². The summed E-state index contributed by atoms with van der Waals surface area (Å²) in [5.74, 6) is -0.181. The number of hydrogen-bond acceptors (Lipinski definition) is 3. The summed E-state index contributed by atoms with van der Waals surface area (Å²) in [6.07, 6.45) is -9.94. The normalized spacial score (nSPS) is 35.6. The number of aliphatic hydroxyl groups is 3. The van der Waals surface area contributed by atoms with Gasteiger partial charge in [0.2, 0.25) is 0 Å². The summed E-state index contributed by atoms with van der Waals surface area (Å²) in [6.45, 7) is 7.75. The average Bonchev–Trinajstić information content (AvgIpc) is 3.14. The smallest absolute Gasteiger partial charge is 0.393 e. The lowest BCUT2D eigenvalue weighted by Gasteiger charge is -2.44. The maximum atomic E-state index is 14.4. The molecule has 0 aromatic heterocycles. The Morgan fingerprint density at radius 1 is 1.05 bits per heavy atom. The molecular weight excluding hydrogens is 505 g/mol. The first-order valence-corrected chi connectivity index (χ1v) is 12.9. The summed E-state index contributed by atoms with van der Waals surface area (Å²) in [6, 6.07) is 0. The molecule has 10 heteroatoms. The molecule has 3 N–H and O–H groups in total. The zero-order chi connectivity index (χ0) is 28.0. The van der Waals surface area contributed by atoms with Gasteiger partial charge in [0.15, 0.2) is 0 Å². The van der Waals surface area contributed by atoms with E-state index in [0.29, 0.717) is 12.0 Å². The minimum absolute atomic E-state index is 0.0146. The minimum Gasteiger partial charge on any atom is -0.393 e. The van der Waals surface area contributed by atoms with Crippen LogP contribution in [0.1, 0.15) is 71.6 Å². The van der Waals surface area contributed by atoms with Gasteiger partial charge in [-0.3, -0.25) is 0 Å². The molecule has 7 atom stereocenters. The molecule has 3 aliphatic rings. The summed E-state index contributed by atoms with van der Waals surface area (Å²) in [5, 5.41) is 29.4. The fourth-order valence-electron chi connectivity index (χ4n) is 7.01. The van der Waals surface area contributed by atoms with E-state index in [4.69, 9.17) is 0 Å². The van der Waals surface area contributed by atoms with Gasteiger partial charge in [-0.1, -0.05) is 38.2 Å². The Labute approximate surface area is 213 Å². The SMILES string of the molecule is C=C1/C(=C\C=C2/CCCC3(C)C2CCC3C(C)CC[C@@H](F)C(O)(C(F)(F)F)C(F)(F)F)C[C@@H](O)C[C@@H]1O. The maximum absolute atomic E-state index is 14.4. The van der Waals surface area contributed by atoms with Crippen molar-refractivity contribution in [3.05, 3.63) is 35.5 Å². The van der Waals surface area contributed by atoms with Crippen LogP contribution in [0.4, 0.5) is 30.7 Å². The van der Waals surface area contributed by atoms with Gasteiger partial charge in [0.05, 0.1) is 12.2 Å². The van der Waals surface area contributed by atoms with E-state index >= 15 is 0 Å². The number of aliphatic hydroxyl groups excluding tert-OH is 2. The topological polar surface area (TPSA) is 60.7 Å². The number of fused-ring (bicyclic) bond motifs is 1. The van der Waals surface area contributed by atoms with Crippen molar-refractivity contribution in [3.63, 3.8) is 0 Å². The second-order valence-corrected chi connectivity index (χ2v) is 11.4. The van der Waals surface area contributed by atoms with Crippen LogP contribution in [0.15, 0.2) is 35.5 Å². The predicted octanol–water partition coefficient (Wildman–Crippen LogP) is 6.74. The van der Waals surface area contributed by atoms with Gasteiger partial charge in [0, 0.05) is 6.42 Å². The molecule has 3 rings (SSSR count). The molecule has 37 heavy (non-hydrogen) atoms. The van der Waals surface area contributed by atoms with Crippen LogP contribution in [-0.2, 0) is 0 Å². The average molecular weight is 543 g/mol. The Balaban J connectivity index is 1.73. The Kier molecular flexibility index (Phi) is 8.67. The maximum Gasteiger partial charge on any atom is 0.429 e. The molecule has 212 valence electrons. The van der Waals surface area contributed by atoms with Crippen LogP contribution < -0.4 is 0 Å². The number of allylic oxidation sites excluding steroid dienone is 3. The van der Waals surface area contributed by atoms with Crippen molar-refractivity contribution < 1.29 is 46.1 Å². The number of hydrogen-bond donors (Lipinski definition) is 3. The first-order chi connectivity index (χ1) is 16.9. The van der Waals surface area contributed by atoms with E-state index in [9.17, 15) is 46.1 Å². The van der Waals surface area contributed by atoms with Crippen molar-refractivity contribution in [2.24, 2.45) is 23.2 Å². The fourth-order valence-corrected chi connectivity index (χ4v) is 7.01. The first kappa shape index (κ1) is 30.2. The lowest BCUT2D eigenvalue weighted by Crippen LogP contribution is -2.63. The predicted molar refractivity (Wildman–Crippen MR) is 125 cm³/mol. The quantitative estimate of drug-likeness (QED) is 0.326. The van der Waals surface area contributed by atoms with E-state index in [1.54, 1.807) is 6.92 Å². The molecule has 0 amide bonds. The van der Waals surface area contributed by atoms with Gasteiger partial charge in [-0.05, 0) is 85.7 Å².